The van der Waals surface area contributed by atoms with Gasteiger partial charge in [0.25, 0.3) is 10.0 Å². The molecule has 0 bridgehead atoms. The van der Waals surface area contributed by atoms with Crippen LogP contribution in [0.25, 0.3) is 0 Å². The van der Waals surface area contributed by atoms with E-state index in [4.69, 9.17) is 5.11 Å². The number of carboxylic acid groups (broad SMARTS) is 1. The van der Waals surface area contributed by atoms with Crippen molar-refractivity contribution in [3.63, 3.8) is 0 Å². The Morgan fingerprint density at radius 2 is 1.95 bits per heavy atom. The van der Waals surface area contributed by atoms with Gasteiger partial charge in [0.1, 0.15) is 0 Å². The van der Waals surface area contributed by atoms with E-state index in [1.807, 2.05) is 0 Å². The molecule has 21 heavy (non-hydrogen) atoms. The first kappa shape index (κ1) is 15.0. The number of nitrogens with zero attached hydrogens (tertiary/aromatic N) is 1. The zero-order valence-electron chi connectivity index (χ0n) is 11.5. The topological polar surface area (TPSA) is 96.4 Å². The SMILES string of the molecule is Cc1cc(NS(=O)(=O)c2cccc(C(=O)O)c2C)ccn1. The Bertz CT molecular complexity index is 800. The first-order chi connectivity index (χ1) is 9.81. The molecule has 2 aromatic rings. The van der Waals surface area contributed by atoms with Gasteiger partial charge in [-0.1, -0.05) is 6.07 Å². The van der Waals surface area contributed by atoms with Crippen LogP contribution in [-0.2, 0) is 10.0 Å². The molecule has 110 valence electrons. The third-order valence-electron chi connectivity index (χ3n) is 2.95. The van der Waals surface area contributed by atoms with Crippen molar-refractivity contribution in [1.82, 2.24) is 4.98 Å². The van der Waals surface area contributed by atoms with E-state index in [9.17, 15) is 13.2 Å². The van der Waals surface area contributed by atoms with Crippen molar-refractivity contribution in [3.8, 4) is 0 Å². The highest BCUT2D eigenvalue weighted by Crippen LogP contribution is 2.22. The average Bonchev–Trinajstić information content (AvgIpc) is 2.37. The summed E-state index contributed by atoms with van der Waals surface area (Å²) in [6, 6.07) is 7.27. The standard InChI is InChI=1S/C14H14N2O4S/c1-9-8-11(6-7-15-9)16-21(19,20)13-5-3-4-12(10(13)2)14(17)18/h3-8H,1-2H3,(H,15,16)(H,17,18). The molecule has 0 spiro atoms. The van der Waals surface area contributed by atoms with Gasteiger partial charge in [-0.05, 0) is 43.7 Å². The highest BCUT2D eigenvalue weighted by atomic mass is 32.2. The number of nitrogens with one attached hydrogen (secondary N) is 1. The lowest BCUT2D eigenvalue weighted by Crippen LogP contribution is -2.16. The lowest BCUT2D eigenvalue weighted by atomic mass is 10.1. The molecule has 1 aromatic carbocycles. The number of sulfonamides is 1. The smallest absolute Gasteiger partial charge is 0.335 e. The number of rotatable bonds is 4. The third kappa shape index (κ3) is 3.19. The summed E-state index contributed by atoms with van der Waals surface area (Å²) in [6.45, 7) is 3.21. The summed E-state index contributed by atoms with van der Waals surface area (Å²) in [7, 11) is -3.86. The Morgan fingerprint density at radius 3 is 2.57 bits per heavy atom. The zero-order valence-corrected chi connectivity index (χ0v) is 12.3. The van der Waals surface area contributed by atoms with Gasteiger partial charge < -0.3 is 5.11 Å². The van der Waals surface area contributed by atoms with Gasteiger partial charge in [-0.2, -0.15) is 0 Å². The minimum atomic E-state index is -3.86. The van der Waals surface area contributed by atoms with Crippen LogP contribution in [0.4, 0.5) is 5.69 Å². The second-order valence-corrected chi connectivity index (χ2v) is 6.18. The maximum Gasteiger partial charge on any atom is 0.335 e. The van der Waals surface area contributed by atoms with Crippen molar-refractivity contribution < 1.29 is 18.3 Å². The summed E-state index contributed by atoms with van der Waals surface area (Å²) in [5.41, 5.74) is 1.21. The van der Waals surface area contributed by atoms with Crippen molar-refractivity contribution >= 4 is 21.7 Å². The van der Waals surface area contributed by atoms with Crippen LogP contribution in [0.2, 0.25) is 0 Å². The third-order valence-corrected chi connectivity index (χ3v) is 4.48. The fourth-order valence-electron chi connectivity index (χ4n) is 1.96. The number of aromatic carboxylic acids is 1. The van der Waals surface area contributed by atoms with Crippen molar-refractivity contribution in [2.75, 3.05) is 4.72 Å². The minimum Gasteiger partial charge on any atom is -0.478 e. The first-order valence-corrected chi connectivity index (χ1v) is 7.58. The number of aromatic nitrogens is 1. The van der Waals surface area contributed by atoms with Crippen LogP contribution in [0.3, 0.4) is 0 Å². The quantitative estimate of drug-likeness (QED) is 0.902. The molecule has 6 nitrogen and oxygen atoms in total. The summed E-state index contributed by atoms with van der Waals surface area (Å²) < 4.78 is 27.2. The summed E-state index contributed by atoms with van der Waals surface area (Å²) >= 11 is 0. The van der Waals surface area contributed by atoms with Crippen molar-refractivity contribution in [3.05, 3.63) is 53.3 Å². The van der Waals surface area contributed by atoms with E-state index in [0.717, 1.165) is 0 Å². The number of pyridine rings is 1. The molecular weight excluding hydrogens is 292 g/mol. The Kier molecular flexibility index (Phi) is 3.95. The van der Waals surface area contributed by atoms with Crippen LogP contribution in [0.15, 0.2) is 41.4 Å². The van der Waals surface area contributed by atoms with E-state index in [-0.39, 0.29) is 16.0 Å². The van der Waals surface area contributed by atoms with Crippen molar-refractivity contribution in [1.29, 1.82) is 0 Å². The molecule has 0 aliphatic carbocycles. The maximum atomic E-state index is 12.4. The van der Waals surface area contributed by atoms with Crippen LogP contribution in [0.5, 0.6) is 0 Å². The molecule has 0 saturated carbocycles. The van der Waals surface area contributed by atoms with Crippen LogP contribution in [0.1, 0.15) is 21.6 Å². The molecule has 0 amide bonds. The van der Waals surface area contributed by atoms with E-state index < -0.39 is 16.0 Å². The predicted octanol–water partition coefficient (Wildman–Crippen LogP) is 2.20. The van der Waals surface area contributed by atoms with Crippen LogP contribution in [-0.4, -0.2) is 24.5 Å². The molecule has 0 aliphatic heterocycles. The molecule has 2 rings (SSSR count). The number of carboxylic acids is 1. The number of carbonyl (C=O) groups is 1. The minimum absolute atomic E-state index is 0.0382. The molecular formula is C14H14N2O4S. The fraction of sp³-hybridized carbons (Fsp3) is 0.143. The van der Waals surface area contributed by atoms with Gasteiger partial charge in [-0.15, -0.1) is 0 Å². The summed E-state index contributed by atoms with van der Waals surface area (Å²) in [5, 5.41) is 9.06. The Labute approximate surface area is 122 Å². The number of benzene rings is 1. The summed E-state index contributed by atoms with van der Waals surface area (Å²) in [4.78, 5) is 15.0. The van der Waals surface area contributed by atoms with E-state index >= 15 is 0 Å². The Balaban J connectivity index is 2.45. The first-order valence-electron chi connectivity index (χ1n) is 6.09. The van der Waals surface area contributed by atoms with Gasteiger partial charge in [0.2, 0.25) is 0 Å². The maximum absolute atomic E-state index is 12.4. The van der Waals surface area contributed by atoms with E-state index in [1.54, 1.807) is 13.0 Å². The van der Waals surface area contributed by atoms with Crippen LogP contribution in [0, 0.1) is 13.8 Å². The average molecular weight is 306 g/mol. The zero-order chi connectivity index (χ0) is 15.6. The van der Waals surface area contributed by atoms with Crippen molar-refractivity contribution in [2.24, 2.45) is 0 Å². The molecule has 0 fully saturated rings. The lowest BCUT2D eigenvalue weighted by Gasteiger charge is -2.12. The second-order valence-electron chi connectivity index (χ2n) is 4.53. The molecule has 0 saturated heterocycles. The monoisotopic (exact) mass is 306 g/mol. The van der Waals surface area contributed by atoms with Gasteiger partial charge in [0, 0.05) is 11.9 Å². The van der Waals surface area contributed by atoms with Crippen LogP contribution >= 0.6 is 0 Å². The van der Waals surface area contributed by atoms with E-state index in [0.29, 0.717) is 11.4 Å². The van der Waals surface area contributed by atoms with Crippen molar-refractivity contribution in [2.45, 2.75) is 18.7 Å². The van der Waals surface area contributed by atoms with E-state index in [2.05, 4.69) is 9.71 Å². The molecule has 0 radical (unpaired) electrons. The fourth-order valence-corrected chi connectivity index (χ4v) is 3.27. The molecule has 2 N–H and O–H groups in total. The predicted molar refractivity (Wildman–Crippen MR) is 77.9 cm³/mol. The van der Waals surface area contributed by atoms with E-state index in [1.165, 1.54) is 37.4 Å². The van der Waals surface area contributed by atoms with Gasteiger partial charge in [-0.25, -0.2) is 13.2 Å². The lowest BCUT2D eigenvalue weighted by molar-refractivity contribution is 0.0696. The largest absolute Gasteiger partial charge is 0.478 e. The molecule has 0 atom stereocenters. The van der Waals surface area contributed by atoms with Crippen LogP contribution < -0.4 is 4.72 Å². The number of hydrogen-bond donors (Lipinski definition) is 2. The van der Waals surface area contributed by atoms with Gasteiger partial charge in [0.15, 0.2) is 0 Å². The highest BCUT2D eigenvalue weighted by molar-refractivity contribution is 7.92. The van der Waals surface area contributed by atoms with Gasteiger partial charge in [-0.3, -0.25) is 9.71 Å². The van der Waals surface area contributed by atoms with Gasteiger partial charge >= 0.3 is 5.97 Å². The normalized spacial score (nSPS) is 11.1. The van der Waals surface area contributed by atoms with Gasteiger partial charge in [0.05, 0.1) is 16.1 Å². The number of hydrogen-bond acceptors (Lipinski definition) is 4. The Hall–Kier alpha value is -2.41. The second kappa shape index (κ2) is 5.53. The summed E-state index contributed by atoms with van der Waals surface area (Å²) in [6.07, 6.45) is 1.49. The molecule has 1 aromatic heterocycles. The summed E-state index contributed by atoms with van der Waals surface area (Å²) in [5.74, 6) is -1.16. The molecule has 0 aliphatic rings. The number of anilines is 1. The molecule has 1 heterocycles. The number of aryl methyl sites for hydroxylation is 1. The molecule has 0 unspecified atom stereocenters. The molecule has 7 heteroatoms. The highest BCUT2D eigenvalue weighted by Gasteiger charge is 2.20. The Morgan fingerprint density at radius 1 is 1.24 bits per heavy atom.